The fourth-order valence-electron chi connectivity index (χ4n) is 12.6. The molecular weight excluding hydrogens is 1090 g/mol. The summed E-state index contributed by atoms with van der Waals surface area (Å²) in [4.78, 5) is 13.3. The summed E-state index contributed by atoms with van der Waals surface area (Å²) in [7, 11) is 0. The highest BCUT2D eigenvalue weighted by molar-refractivity contribution is 5.80. The van der Waals surface area contributed by atoms with Gasteiger partial charge in [0, 0.05) is 0 Å². The third-order valence-corrected chi connectivity index (χ3v) is 18.7. The second-order valence-electron chi connectivity index (χ2n) is 27.1. The molecule has 11 nitrogen and oxygen atoms in total. The molecule has 1 aliphatic heterocycles. The minimum atomic E-state index is -1.67. The number of aliphatic hydroxyl groups excluding tert-OH is 7. The third-order valence-electron chi connectivity index (χ3n) is 18.7. The predicted octanol–water partition coefficient (Wildman–Crippen LogP) is 19.1. The number of unbranched alkanes of at least 4 members (excludes halogenated alkanes) is 52. The Morgan fingerprint density at radius 2 is 0.678 bits per heavy atom. The highest BCUT2D eigenvalue weighted by Gasteiger charge is 2.44. The van der Waals surface area contributed by atoms with E-state index in [9.17, 15) is 40.5 Å². The smallest absolute Gasteiger partial charge is 0.249 e. The van der Waals surface area contributed by atoms with Crippen molar-refractivity contribution in [1.29, 1.82) is 0 Å². The standard InChI is InChI=1S/C76H147NO10/c1-3-5-7-9-11-13-15-17-19-21-23-25-27-29-31-33-35-37-39-41-43-45-47-49-51-53-55-57-59-61-63-68(79)71(81)67(66-86-76-74(84)73(83)72(82)70(65-78)87-76)77-75(85)69(80)64-62-60-58-56-54-52-50-48-46-44-42-40-38-36-34-32-30-28-26-24-22-20-18-16-14-12-10-8-6-4-2/h30,32,55,57,67-74,76,78-84H,3-29,31,33-54,56,58-66H2,1-2H3,(H,77,85)/b32-30-,57-55+. The van der Waals surface area contributed by atoms with Crippen molar-refractivity contribution in [3.05, 3.63) is 24.3 Å². The van der Waals surface area contributed by atoms with E-state index in [1.807, 2.05) is 0 Å². The Kier molecular flexibility index (Phi) is 62.2. The van der Waals surface area contributed by atoms with Crippen LogP contribution in [0.4, 0.5) is 0 Å². The average molecular weight is 1240 g/mol. The van der Waals surface area contributed by atoms with Crippen molar-refractivity contribution < 1.29 is 50.0 Å². The van der Waals surface area contributed by atoms with Gasteiger partial charge in [0.15, 0.2) is 6.29 Å². The molecule has 9 unspecified atom stereocenters. The Morgan fingerprint density at radius 3 is 0.989 bits per heavy atom. The van der Waals surface area contributed by atoms with E-state index < -0.39 is 74.2 Å². The number of aliphatic hydroxyl groups is 7. The van der Waals surface area contributed by atoms with Gasteiger partial charge in [-0.25, -0.2) is 0 Å². The van der Waals surface area contributed by atoms with Gasteiger partial charge < -0.3 is 50.5 Å². The van der Waals surface area contributed by atoms with Crippen LogP contribution in [0.2, 0.25) is 0 Å². The molecule has 8 N–H and O–H groups in total. The fourth-order valence-corrected chi connectivity index (χ4v) is 12.6. The predicted molar refractivity (Wildman–Crippen MR) is 367 cm³/mol. The highest BCUT2D eigenvalue weighted by Crippen LogP contribution is 2.24. The molecule has 0 radical (unpaired) electrons. The second kappa shape index (κ2) is 64.7. The SMILES string of the molecule is CCCCCCCCCCCCCC/C=C\CCCCCCCCCCCCCCCCC(O)C(=O)NC(COC1OC(CO)C(O)C(O)C1O)C(O)C(O)CCC/C=C/CCCCCCCCCCCCCCCCCCCCCCCCCCC. The van der Waals surface area contributed by atoms with Gasteiger partial charge in [-0.2, -0.15) is 0 Å². The number of allylic oxidation sites excluding steroid dienone is 4. The number of ether oxygens (including phenoxy) is 2. The van der Waals surface area contributed by atoms with E-state index >= 15 is 0 Å². The Morgan fingerprint density at radius 1 is 0.391 bits per heavy atom. The largest absolute Gasteiger partial charge is 0.394 e. The lowest BCUT2D eigenvalue weighted by atomic mass is 9.98. The van der Waals surface area contributed by atoms with Crippen LogP contribution in [0.25, 0.3) is 0 Å². The molecule has 87 heavy (non-hydrogen) atoms. The maximum absolute atomic E-state index is 13.3. The lowest BCUT2D eigenvalue weighted by Crippen LogP contribution is -2.60. The zero-order valence-electron chi connectivity index (χ0n) is 57.3. The van der Waals surface area contributed by atoms with E-state index in [2.05, 4.69) is 43.5 Å². The van der Waals surface area contributed by atoms with Gasteiger partial charge >= 0.3 is 0 Å². The Balaban J connectivity index is 2.17. The molecule has 1 fully saturated rings. The fraction of sp³-hybridized carbons (Fsp3) is 0.934. The third kappa shape index (κ3) is 51.8. The number of hydrogen-bond donors (Lipinski definition) is 8. The molecule has 1 heterocycles. The van der Waals surface area contributed by atoms with Crippen LogP contribution in [-0.2, 0) is 14.3 Å². The molecule has 516 valence electrons. The van der Waals surface area contributed by atoms with Gasteiger partial charge in [-0.15, -0.1) is 0 Å². The summed E-state index contributed by atoms with van der Waals surface area (Å²) in [5.41, 5.74) is 0. The van der Waals surface area contributed by atoms with Gasteiger partial charge in [-0.1, -0.05) is 346 Å². The normalized spacial score (nSPS) is 18.7. The summed E-state index contributed by atoms with van der Waals surface area (Å²) in [6.07, 6.45) is 71.4. The van der Waals surface area contributed by atoms with E-state index in [0.717, 1.165) is 38.5 Å². The van der Waals surface area contributed by atoms with Gasteiger partial charge in [-0.3, -0.25) is 4.79 Å². The van der Waals surface area contributed by atoms with Crippen LogP contribution in [0.15, 0.2) is 24.3 Å². The van der Waals surface area contributed by atoms with E-state index in [0.29, 0.717) is 12.8 Å². The van der Waals surface area contributed by atoms with Crippen molar-refractivity contribution >= 4 is 5.91 Å². The number of amides is 1. The summed E-state index contributed by atoms with van der Waals surface area (Å²) in [6.45, 7) is 3.51. The molecule has 0 aliphatic carbocycles. The van der Waals surface area contributed by atoms with Crippen LogP contribution >= 0.6 is 0 Å². The molecule has 11 heteroatoms. The van der Waals surface area contributed by atoms with Crippen molar-refractivity contribution in [2.75, 3.05) is 13.2 Å². The summed E-state index contributed by atoms with van der Waals surface area (Å²) in [6, 6.07) is -1.19. The van der Waals surface area contributed by atoms with Gasteiger partial charge in [0.05, 0.1) is 25.4 Å². The first-order valence-corrected chi connectivity index (χ1v) is 38.2. The lowest BCUT2D eigenvalue weighted by Gasteiger charge is -2.40. The number of hydrogen-bond acceptors (Lipinski definition) is 10. The van der Waals surface area contributed by atoms with Crippen LogP contribution < -0.4 is 5.32 Å². The molecule has 0 spiro atoms. The Labute approximate surface area is 537 Å². The van der Waals surface area contributed by atoms with E-state index in [4.69, 9.17) is 9.47 Å². The van der Waals surface area contributed by atoms with Crippen molar-refractivity contribution in [3.63, 3.8) is 0 Å². The molecule has 1 aliphatic rings. The van der Waals surface area contributed by atoms with E-state index in [1.54, 1.807) is 0 Å². The molecule has 0 aromatic heterocycles. The molecule has 1 saturated heterocycles. The van der Waals surface area contributed by atoms with Crippen molar-refractivity contribution in [2.24, 2.45) is 0 Å². The maximum Gasteiger partial charge on any atom is 0.249 e. The van der Waals surface area contributed by atoms with Crippen LogP contribution in [0.3, 0.4) is 0 Å². The lowest BCUT2D eigenvalue weighted by molar-refractivity contribution is -0.303. The number of carbonyl (C=O) groups excluding carboxylic acids is 1. The molecule has 1 amide bonds. The maximum atomic E-state index is 13.3. The molecule has 0 aromatic rings. The van der Waals surface area contributed by atoms with Crippen LogP contribution in [0, 0.1) is 0 Å². The van der Waals surface area contributed by atoms with Crippen LogP contribution in [-0.4, -0.2) is 110 Å². The van der Waals surface area contributed by atoms with Crippen LogP contribution in [0.1, 0.15) is 386 Å². The van der Waals surface area contributed by atoms with Crippen molar-refractivity contribution in [1.82, 2.24) is 5.32 Å². The van der Waals surface area contributed by atoms with Gasteiger partial charge in [0.25, 0.3) is 0 Å². The highest BCUT2D eigenvalue weighted by atomic mass is 16.7. The first kappa shape index (κ1) is 83.6. The summed E-state index contributed by atoms with van der Waals surface area (Å²) >= 11 is 0. The Hall–Kier alpha value is -1.41. The molecule has 0 bridgehead atoms. The average Bonchev–Trinajstić information content (AvgIpc) is 1.97. The molecule has 0 aromatic carbocycles. The Bertz CT molecular complexity index is 1460. The van der Waals surface area contributed by atoms with Crippen LogP contribution in [0.5, 0.6) is 0 Å². The minimum absolute atomic E-state index is 0.257. The molecule has 9 atom stereocenters. The van der Waals surface area contributed by atoms with E-state index in [1.165, 1.54) is 308 Å². The first-order valence-electron chi connectivity index (χ1n) is 38.2. The van der Waals surface area contributed by atoms with Gasteiger partial charge in [0.2, 0.25) is 5.91 Å². The quantitative estimate of drug-likeness (QED) is 0.0215. The summed E-state index contributed by atoms with van der Waals surface area (Å²) in [5.74, 6) is -0.699. The first-order chi connectivity index (χ1) is 42.7. The minimum Gasteiger partial charge on any atom is -0.394 e. The second-order valence-corrected chi connectivity index (χ2v) is 27.1. The number of carbonyl (C=O) groups is 1. The molecule has 1 rings (SSSR count). The topological polar surface area (TPSA) is 189 Å². The number of nitrogens with one attached hydrogen (secondary N) is 1. The summed E-state index contributed by atoms with van der Waals surface area (Å²) in [5, 5.41) is 76.6. The van der Waals surface area contributed by atoms with Gasteiger partial charge in [-0.05, 0) is 64.2 Å². The molecular formula is C76H147NO10. The zero-order chi connectivity index (χ0) is 63.1. The van der Waals surface area contributed by atoms with E-state index in [-0.39, 0.29) is 12.8 Å². The van der Waals surface area contributed by atoms with Crippen molar-refractivity contribution in [2.45, 2.75) is 441 Å². The molecule has 0 saturated carbocycles. The van der Waals surface area contributed by atoms with Gasteiger partial charge in [0.1, 0.15) is 36.6 Å². The zero-order valence-corrected chi connectivity index (χ0v) is 57.3. The summed E-state index contributed by atoms with van der Waals surface area (Å²) < 4.78 is 11.2. The monoisotopic (exact) mass is 1230 g/mol. The van der Waals surface area contributed by atoms with Crippen molar-refractivity contribution in [3.8, 4) is 0 Å². The number of rotatable bonds is 68.